The molecule has 0 radical (unpaired) electrons. The molecule has 3 amide bonds. The molecule has 2 aromatic rings. The second kappa shape index (κ2) is 7.67. The number of imide groups is 1. The minimum absolute atomic E-state index is 0.233. The van der Waals surface area contributed by atoms with E-state index < -0.39 is 36.1 Å². The van der Waals surface area contributed by atoms with Crippen molar-refractivity contribution in [2.45, 2.75) is 13.0 Å². The molecule has 0 bridgehead atoms. The molecule has 0 N–H and O–H groups in total. The number of halogens is 1. The standard InChI is InChI=1S/C20H19FN2O5/c1-12-19(25)22(20(26)23(12)14-6-4-13(21)5-7-14)11-17(24)16-9-8-15(27-2)10-18(16)28-3/h4-10,12H,11H2,1-3H3/t12-/m1/s1. The van der Waals surface area contributed by atoms with Gasteiger partial charge in [-0.25, -0.2) is 9.18 Å². The largest absolute Gasteiger partial charge is 0.497 e. The van der Waals surface area contributed by atoms with Gasteiger partial charge in [-0.1, -0.05) is 0 Å². The van der Waals surface area contributed by atoms with E-state index in [1.807, 2.05) is 0 Å². The van der Waals surface area contributed by atoms with Crippen LogP contribution in [-0.4, -0.2) is 49.4 Å². The van der Waals surface area contributed by atoms with Crippen molar-refractivity contribution in [2.24, 2.45) is 0 Å². The van der Waals surface area contributed by atoms with E-state index in [0.29, 0.717) is 11.4 Å². The number of benzene rings is 2. The first-order valence-electron chi connectivity index (χ1n) is 8.52. The van der Waals surface area contributed by atoms with Gasteiger partial charge in [-0.3, -0.25) is 19.4 Å². The Kier molecular flexibility index (Phi) is 5.30. The maximum atomic E-state index is 13.2. The first-order valence-corrected chi connectivity index (χ1v) is 8.52. The zero-order valence-electron chi connectivity index (χ0n) is 15.6. The molecule has 1 fully saturated rings. The first-order chi connectivity index (χ1) is 13.4. The number of amides is 3. The molecule has 1 saturated heterocycles. The van der Waals surface area contributed by atoms with E-state index in [4.69, 9.17) is 9.47 Å². The number of rotatable bonds is 6. The molecule has 1 heterocycles. The van der Waals surface area contributed by atoms with E-state index in [-0.39, 0.29) is 11.3 Å². The van der Waals surface area contributed by atoms with Gasteiger partial charge in [0.2, 0.25) is 0 Å². The van der Waals surface area contributed by atoms with Crippen LogP contribution in [0.5, 0.6) is 11.5 Å². The van der Waals surface area contributed by atoms with E-state index in [9.17, 15) is 18.8 Å². The summed E-state index contributed by atoms with van der Waals surface area (Å²) in [6, 6.07) is 8.46. The Balaban J connectivity index is 1.84. The number of carbonyl (C=O) groups is 3. The van der Waals surface area contributed by atoms with Crippen LogP contribution < -0.4 is 14.4 Å². The molecule has 2 aromatic carbocycles. The molecule has 0 aromatic heterocycles. The molecule has 1 aliphatic heterocycles. The number of ether oxygens (including phenoxy) is 2. The Morgan fingerprint density at radius 2 is 1.75 bits per heavy atom. The molecule has 3 rings (SSSR count). The smallest absolute Gasteiger partial charge is 0.332 e. The molecule has 1 aliphatic rings. The van der Waals surface area contributed by atoms with E-state index in [2.05, 4.69) is 0 Å². The number of methoxy groups -OCH3 is 2. The second-order valence-corrected chi connectivity index (χ2v) is 6.22. The van der Waals surface area contributed by atoms with Crippen molar-refractivity contribution in [1.29, 1.82) is 0 Å². The topological polar surface area (TPSA) is 76.2 Å². The quantitative estimate of drug-likeness (QED) is 0.564. The van der Waals surface area contributed by atoms with Crippen LogP contribution in [0.4, 0.5) is 14.9 Å². The number of hydrogen-bond acceptors (Lipinski definition) is 5. The number of urea groups is 1. The highest BCUT2D eigenvalue weighted by Crippen LogP contribution is 2.28. The molecular weight excluding hydrogens is 367 g/mol. The highest BCUT2D eigenvalue weighted by Gasteiger charge is 2.44. The number of Topliss-reactive ketones (excluding diaryl/α,β-unsaturated/α-hetero) is 1. The Morgan fingerprint density at radius 3 is 2.36 bits per heavy atom. The number of carbonyl (C=O) groups excluding carboxylic acids is 3. The zero-order chi connectivity index (χ0) is 20.4. The summed E-state index contributed by atoms with van der Waals surface area (Å²) in [4.78, 5) is 40.2. The van der Waals surface area contributed by atoms with Crippen molar-refractivity contribution in [1.82, 2.24) is 4.90 Å². The summed E-state index contributed by atoms with van der Waals surface area (Å²) in [7, 11) is 2.90. The Labute approximate surface area is 161 Å². The molecule has 8 heteroatoms. The maximum absolute atomic E-state index is 13.2. The molecule has 0 unspecified atom stereocenters. The molecule has 0 spiro atoms. The fourth-order valence-electron chi connectivity index (χ4n) is 3.06. The average molecular weight is 386 g/mol. The van der Waals surface area contributed by atoms with Gasteiger partial charge in [0.05, 0.1) is 26.3 Å². The third-order valence-electron chi connectivity index (χ3n) is 4.56. The minimum Gasteiger partial charge on any atom is -0.497 e. The summed E-state index contributed by atoms with van der Waals surface area (Å²) in [5, 5.41) is 0. The summed E-state index contributed by atoms with van der Waals surface area (Å²) < 4.78 is 23.5. The van der Waals surface area contributed by atoms with Gasteiger partial charge >= 0.3 is 6.03 Å². The van der Waals surface area contributed by atoms with Crippen LogP contribution in [0.2, 0.25) is 0 Å². The van der Waals surface area contributed by atoms with Crippen molar-refractivity contribution in [3.8, 4) is 11.5 Å². The van der Waals surface area contributed by atoms with Gasteiger partial charge in [-0.05, 0) is 43.3 Å². The normalized spacial score (nSPS) is 16.5. The SMILES string of the molecule is COc1ccc(C(=O)CN2C(=O)[C@@H](C)N(c3ccc(F)cc3)C2=O)c(OC)c1. The molecule has 28 heavy (non-hydrogen) atoms. The fraction of sp³-hybridized carbons (Fsp3) is 0.250. The Bertz CT molecular complexity index is 929. The predicted octanol–water partition coefficient (Wildman–Crippen LogP) is 2.88. The van der Waals surface area contributed by atoms with Gasteiger partial charge in [0.15, 0.2) is 5.78 Å². The second-order valence-electron chi connectivity index (χ2n) is 6.22. The lowest BCUT2D eigenvalue weighted by atomic mass is 10.1. The van der Waals surface area contributed by atoms with Gasteiger partial charge in [-0.2, -0.15) is 0 Å². The van der Waals surface area contributed by atoms with E-state index in [0.717, 1.165) is 4.90 Å². The van der Waals surface area contributed by atoms with E-state index >= 15 is 0 Å². The summed E-state index contributed by atoms with van der Waals surface area (Å²) in [5.74, 6) is -0.609. The van der Waals surface area contributed by atoms with Gasteiger partial charge in [0.1, 0.15) is 23.4 Å². The Hall–Kier alpha value is -3.42. The van der Waals surface area contributed by atoms with Crippen LogP contribution in [0.3, 0.4) is 0 Å². The van der Waals surface area contributed by atoms with Crippen LogP contribution >= 0.6 is 0 Å². The molecule has 0 aliphatic carbocycles. The lowest BCUT2D eigenvalue weighted by Crippen LogP contribution is -2.37. The van der Waals surface area contributed by atoms with Gasteiger partial charge in [-0.15, -0.1) is 0 Å². The zero-order valence-corrected chi connectivity index (χ0v) is 15.6. The van der Waals surface area contributed by atoms with Gasteiger partial charge in [0, 0.05) is 11.8 Å². The number of nitrogens with zero attached hydrogens (tertiary/aromatic N) is 2. The van der Waals surface area contributed by atoms with E-state index in [1.54, 1.807) is 19.1 Å². The minimum atomic E-state index is -0.802. The molecule has 146 valence electrons. The molecule has 0 saturated carbocycles. The summed E-state index contributed by atoms with van der Waals surface area (Å²) in [6.45, 7) is 1.13. The lowest BCUT2D eigenvalue weighted by molar-refractivity contribution is -0.126. The van der Waals surface area contributed by atoms with Crippen LogP contribution in [0.25, 0.3) is 0 Å². The molecule has 7 nitrogen and oxygen atoms in total. The maximum Gasteiger partial charge on any atom is 0.332 e. The number of ketones is 1. The van der Waals surface area contributed by atoms with Crippen LogP contribution in [0.15, 0.2) is 42.5 Å². The lowest BCUT2D eigenvalue weighted by Gasteiger charge is -2.19. The fourth-order valence-corrected chi connectivity index (χ4v) is 3.06. The van der Waals surface area contributed by atoms with Gasteiger partial charge < -0.3 is 9.47 Å². The van der Waals surface area contributed by atoms with Crippen molar-refractivity contribution < 1.29 is 28.2 Å². The first kappa shape index (κ1) is 19.3. The Morgan fingerprint density at radius 1 is 1.07 bits per heavy atom. The number of anilines is 1. The molecular formula is C20H19FN2O5. The van der Waals surface area contributed by atoms with E-state index in [1.165, 1.54) is 49.5 Å². The number of hydrogen-bond donors (Lipinski definition) is 0. The van der Waals surface area contributed by atoms with Crippen LogP contribution in [0, 0.1) is 5.82 Å². The van der Waals surface area contributed by atoms with Crippen molar-refractivity contribution in [2.75, 3.05) is 25.7 Å². The highest BCUT2D eigenvalue weighted by molar-refractivity contribution is 6.16. The summed E-state index contributed by atoms with van der Waals surface area (Å²) in [6.07, 6.45) is 0. The molecule has 1 atom stereocenters. The highest BCUT2D eigenvalue weighted by atomic mass is 19.1. The third-order valence-corrected chi connectivity index (χ3v) is 4.56. The monoisotopic (exact) mass is 386 g/mol. The average Bonchev–Trinajstić information content (AvgIpc) is 2.91. The summed E-state index contributed by atoms with van der Waals surface area (Å²) in [5.41, 5.74) is 0.612. The predicted molar refractivity (Wildman–Crippen MR) is 99.3 cm³/mol. The van der Waals surface area contributed by atoms with Crippen LogP contribution in [0.1, 0.15) is 17.3 Å². The third kappa shape index (κ3) is 3.40. The summed E-state index contributed by atoms with van der Waals surface area (Å²) >= 11 is 0. The van der Waals surface area contributed by atoms with Gasteiger partial charge in [0.25, 0.3) is 5.91 Å². The van der Waals surface area contributed by atoms with Crippen molar-refractivity contribution >= 4 is 23.4 Å². The van der Waals surface area contributed by atoms with Crippen molar-refractivity contribution in [3.63, 3.8) is 0 Å². The van der Waals surface area contributed by atoms with Crippen molar-refractivity contribution in [3.05, 3.63) is 53.8 Å². The van der Waals surface area contributed by atoms with Crippen LogP contribution in [-0.2, 0) is 4.79 Å².